The number of thioether (sulfide) groups is 1. The SMILES string of the molecule is Cc1cc(SC(CCCC(F)(F)F)c2ccc(C(=O)NCCC(=O)O)cc2)cc(C)c1-c1ccc(C(F)(F)F)cc1. The van der Waals surface area contributed by atoms with E-state index in [9.17, 15) is 35.9 Å². The molecule has 1 atom stereocenters. The molecule has 3 rings (SSSR count). The van der Waals surface area contributed by atoms with E-state index in [1.54, 1.807) is 24.3 Å². The lowest BCUT2D eigenvalue weighted by atomic mass is 9.95. The van der Waals surface area contributed by atoms with Crippen molar-refractivity contribution in [2.24, 2.45) is 0 Å². The van der Waals surface area contributed by atoms with Crippen molar-refractivity contribution in [2.45, 2.75) is 62.0 Å². The molecule has 4 nitrogen and oxygen atoms in total. The smallest absolute Gasteiger partial charge is 0.416 e. The molecule has 0 saturated heterocycles. The maximum atomic E-state index is 13.0. The number of alkyl halides is 6. The average molecular weight is 598 g/mol. The number of rotatable bonds is 11. The molecule has 2 N–H and O–H groups in total. The number of hydrogen-bond donors (Lipinski definition) is 2. The fourth-order valence-corrected chi connectivity index (χ4v) is 5.85. The van der Waals surface area contributed by atoms with Crippen molar-refractivity contribution < 1.29 is 41.0 Å². The predicted octanol–water partition coefficient (Wildman–Crippen LogP) is 8.76. The second kappa shape index (κ2) is 13.5. The predicted molar refractivity (Wildman–Crippen MR) is 146 cm³/mol. The van der Waals surface area contributed by atoms with Crippen molar-refractivity contribution in [1.82, 2.24) is 5.32 Å². The van der Waals surface area contributed by atoms with Gasteiger partial charge in [-0.3, -0.25) is 9.59 Å². The summed E-state index contributed by atoms with van der Waals surface area (Å²) >= 11 is 1.38. The number of carboxylic acids is 1. The van der Waals surface area contributed by atoms with E-state index in [4.69, 9.17) is 5.11 Å². The van der Waals surface area contributed by atoms with Crippen LogP contribution in [0.1, 0.15) is 63.5 Å². The molecule has 0 spiro atoms. The number of halogens is 6. The highest BCUT2D eigenvalue weighted by molar-refractivity contribution is 7.99. The van der Waals surface area contributed by atoms with Gasteiger partial charge in [0.15, 0.2) is 0 Å². The minimum absolute atomic E-state index is 0.0347. The number of aliphatic carboxylic acids is 1. The van der Waals surface area contributed by atoms with Gasteiger partial charge in [0.25, 0.3) is 5.91 Å². The van der Waals surface area contributed by atoms with E-state index < -0.39 is 36.2 Å². The Morgan fingerprint density at radius 2 is 1.49 bits per heavy atom. The Morgan fingerprint density at radius 3 is 2.00 bits per heavy atom. The van der Waals surface area contributed by atoms with E-state index in [0.29, 0.717) is 11.1 Å². The summed E-state index contributed by atoms with van der Waals surface area (Å²) in [5, 5.41) is 10.9. The molecular weight excluding hydrogens is 568 g/mol. The van der Waals surface area contributed by atoms with Crippen molar-refractivity contribution in [1.29, 1.82) is 0 Å². The number of nitrogens with one attached hydrogen (secondary N) is 1. The van der Waals surface area contributed by atoms with Crippen molar-refractivity contribution in [2.75, 3.05) is 6.54 Å². The lowest BCUT2D eigenvalue weighted by molar-refractivity contribution is -0.138. The van der Waals surface area contributed by atoms with Gasteiger partial charge < -0.3 is 10.4 Å². The zero-order chi connectivity index (χ0) is 30.4. The summed E-state index contributed by atoms with van der Waals surface area (Å²) in [6.07, 6.45) is -9.76. The van der Waals surface area contributed by atoms with Crippen LogP contribution in [0, 0.1) is 13.8 Å². The Morgan fingerprint density at radius 1 is 0.902 bits per heavy atom. The van der Waals surface area contributed by atoms with E-state index in [1.165, 1.54) is 23.9 Å². The van der Waals surface area contributed by atoms with Crippen LogP contribution in [0.5, 0.6) is 0 Å². The third-order valence-corrected chi connectivity index (χ3v) is 7.68. The lowest BCUT2D eigenvalue weighted by Gasteiger charge is -2.20. The molecule has 220 valence electrons. The van der Waals surface area contributed by atoms with Crippen molar-refractivity contribution in [3.05, 3.63) is 88.5 Å². The minimum Gasteiger partial charge on any atom is -0.481 e. The molecule has 0 fully saturated rings. The molecule has 0 aliphatic carbocycles. The topological polar surface area (TPSA) is 66.4 Å². The molecular formula is C30H29F6NO3S. The maximum Gasteiger partial charge on any atom is 0.416 e. The lowest BCUT2D eigenvalue weighted by Crippen LogP contribution is -2.25. The van der Waals surface area contributed by atoms with Gasteiger partial charge in [-0.2, -0.15) is 26.3 Å². The van der Waals surface area contributed by atoms with Crippen molar-refractivity contribution in [3.63, 3.8) is 0 Å². The first-order valence-corrected chi connectivity index (χ1v) is 13.6. The molecule has 3 aromatic rings. The van der Waals surface area contributed by atoms with Gasteiger partial charge in [-0.15, -0.1) is 11.8 Å². The Labute approximate surface area is 238 Å². The average Bonchev–Trinajstić information content (AvgIpc) is 2.86. The van der Waals surface area contributed by atoms with Crippen molar-refractivity contribution in [3.8, 4) is 11.1 Å². The highest BCUT2D eigenvalue weighted by atomic mass is 32.2. The van der Waals surface area contributed by atoms with Gasteiger partial charge >= 0.3 is 18.3 Å². The summed E-state index contributed by atoms with van der Waals surface area (Å²) in [5.74, 6) is -1.50. The highest BCUT2D eigenvalue weighted by Crippen LogP contribution is 2.42. The van der Waals surface area contributed by atoms with Crippen LogP contribution in [-0.2, 0) is 11.0 Å². The Kier molecular flexibility index (Phi) is 10.5. The molecule has 0 saturated carbocycles. The molecule has 0 aliphatic heterocycles. The van der Waals surface area contributed by atoms with Gasteiger partial charge in [-0.05, 0) is 90.9 Å². The quantitative estimate of drug-likeness (QED) is 0.171. The van der Waals surface area contributed by atoms with Crippen molar-refractivity contribution >= 4 is 23.6 Å². The number of carboxylic acid groups (broad SMARTS) is 1. The largest absolute Gasteiger partial charge is 0.481 e. The molecule has 11 heteroatoms. The summed E-state index contributed by atoms with van der Waals surface area (Å²) in [6.45, 7) is 3.63. The van der Waals surface area contributed by atoms with Crippen LogP contribution in [0.2, 0.25) is 0 Å². The van der Waals surface area contributed by atoms with Gasteiger partial charge in [0, 0.05) is 28.7 Å². The van der Waals surface area contributed by atoms with Crippen LogP contribution in [-0.4, -0.2) is 29.7 Å². The van der Waals surface area contributed by atoms with Gasteiger partial charge in [-0.25, -0.2) is 0 Å². The first kappa shape index (κ1) is 32.0. The minimum atomic E-state index is -4.44. The Bertz CT molecular complexity index is 1330. The number of hydrogen-bond acceptors (Lipinski definition) is 3. The van der Waals surface area contributed by atoms with Crippen LogP contribution in [0.3, 0.4) is 0 Å². The number of amides is 1. The first-order chi connectivity index (χ1) is 19.1. The summed E-state index contributed by atoms with van der Waals surface area (Å²) in [7, 11) is 0. The second-order valence-corrected chi connectivity index (χ2v) is 10.9. The Balaban J connectivity index is 1.83. The van der Waals surface area contributed by atoms with E-state index in [-0.39, 0.29) is 31.1 Å². The number of carbonyl (C=O) groups is 2. The summed E-state index contributed by atoms with van der Waals surface area (Å²) < 4.78 is 77.6. The third kappa shape index (κ3) is 9.55. The summed E-state index contributed by atoms with van der Waals surface area (Å²) in [6, 6.07) is 15.1. The molecule has 0 heterocycles. The monoisotopic (exact) mass is 597 g/mol. The number of benzene rings is 3. The molecule has 1 unspecified atom stereocenters. The molecule has 0 aliphatic rings. The van der Waals surface area contributed by atoms with Crippen LogP contribution in [0.15, 0.2) is 65.6 Å². The summed E-state index contributed by atoms with van der Waals surface area (Å²) in [5.41, 5.74) is 3.32. The first-order valence-electron chi connectivity index (χ1n) is 12.8. The van der Waals surface area contributed by atoms with Crippen LogP contribution in [0.4, 0.5) is 26.3 Å². The molecule has 41 heavy (non-hydrogen) atoms. The number of aryl methyl sites for hydroxylation is 2. The fraction of sp³-hybridized carbons (Fsp3) is 0.333. The van der Waals surface area contributed by atoms with Gasteiger partial charge in [0.05, 0.1) is 12.0 Å². The van der Waals surface area contributed by atoms with E-state index in [1.807, 2.05) is 26.0 Å². The number of carbonyl (C=O) groups excluding carboxylic acids is 1. The Hall–Kier alpha value is -3.47. The van der Waals surface area contributed by atoms with E-state index >= 15 is 0 Å². The zero-order valence-electron chi connectivity index (χ0n) is 22.3. The summed E-state index contributed by atoms with van der Waals surface area (Å²) in [4.78, 5) is 23.7. The van der Waals surface area contributed by atoms with Crippen LogP contribution >= 0.6 is 11.8 Å². The highest BCUT2D eigenvalue weighted by Gasteiger charge is 2.30. The van der Waals surface area contributed by atoms with Gasteiger partial charge in [0.1, 0.15) is 0 Å². The molecule has 0 radical (unpaired) electrons. The van der Waals surface area contributed by atoms with E-state index in [0.717, 1.165) is 39.3 Å². The van der Waals surface area contributed by atoms with E-state index in [2.05, 4.69) is 5.32 Å². The second-order valence-electron chi connectivity index (χ2n) is 9.64. The molecule has 0 bridgehead atoms. The molecule has 3 aromatic carbocycles. The van der Waals surface area contributed by atoms with Gasteiger partial charge in [-0.1, -0.05) is 24.3 Å². The van der Waals surface area contributed by atoms with Gasteiger partial charge in [0.2, 0.25) is 0 Å². The zero-order valence-corrected chi connectivity index (χ0v) is 23.1. The normalized spacial score (nSPS) is 12.7. The third-order valence-electron chi connectivity index (χ3n) is 6.38. The standard InChI is InChI=1S/C30H29F6NO3S/c1-18-16-24(17-19(2)27(18)21-9-11-23(12-10-21)30(34,35)36)41-25(4-3-14-29(31,32)33)20-5-7-22(8-6-20)28(40)37-15-13-26(38)39/h5-12,16-17,25H,3-4,13-15H2,1-2H3,(H,37,40)(H,38,39). The van der Waals surface area contributed by atoms with Crippen LogP contribution < -0.4 is 5.32 Å². The van der Waals surface area contributed by atoms with Crippen LogP contribution in [0.25, 0.3) is 11.1 Å². The fourth-order valence-electron chi connectivity index (χ4n) is 4.45. The molecule has 0 aromatic heterocycles. The molecule has 1 amide bonds. The maximum absolute atomic E-state index is 13.0.